The van der Waals surface area contributed by atoms with E-state index >= 15 is 0 Å². The lowest BCUT2D eigenvalue weighted by Gasteiger charge is -2.36. The van der Waals surface area contributed by atoms with Gasteiger partial charge in [-0.05, 0) is 89.9 Å². The molecule has 1 saturated heterocycles. The Balaban J connectivity index is 1.55. The van der Waals surface area contributed by atoms with E-state index in [1.807, 2.05) is 31.4 Å². The first-order chi connectivity index (χ1) is 19.6. The smallest absolute Gasteiger partial charge is 0.227 e. The number of aromatic nitrogens is 4. The monoisotopic (exact) mass is 566 g/mol. The second-order valence-corrected chi connectivity index (χ2v) is 10.6. The minimum atomic E-state index is -0.909. The number of nitrogens with one attached hydrogen (secondary N) is 1. The molecule has 8 nitrogen and oxygen atoms in total. The molecule has 10 heteroatoms. The molecule has 0 amide bonds. The van der Waals surface area contributed by atoms with Gasteiger partial charge >= 0.3 is 0 Å². The standard InChI is InChI=1S/C31H40F2N6O2/c1-7-22(30(41-21(6)40)23-11-14-38(8-2)15-12-23)10-9-13-34-31-35-18-26(33)28(37-31)24-16-25(32)29-27(17-24)39(19(3)4)20(5)36-29/h7,9-10,13,16-19,21,23,30,40H,1,8,11-12,14-15H2,2-6H3,(H,34,35,37)/b13-9+,22-10+. The van der Waals surface area contributed by atoms with Crippen LogP contribution >= 0.6 is 0 Å². The predicted molar refractivity (Wildman–Crippen MR) is 158 cm³/mol. The molecule has 2 N–H and O–H groups in total. The summed E-state index contributed by atoms with van der Waals surface area (Å²) in [5, 5.41) is 12.9. The number of aliphatic hydroxyl groups is 1. The van der Waals surface area contributed by atoms with Crippen LogP contribution in [0.3, 0.4) is 0 Å². The maximum atomic E-state index is 15.0. The van der Waals surface area contributed by atoms with Crippen molar-refractivity contribution in [1.82, 2.24) is 24.4 Å². The van der Waals surface area contributed by atoms with Crippen LogP contribution in [0.5, 0.6) is 0 Å². The van der Waals surface area contributed by atoms with Crippen LogP contribution in [0, 0.1) is 24.5 Å². The number of allylic oxidation sites excluding steroid dienone is 2. The molecule has 1 fully saturated rings. The first-order valence-corrected chi connectivity index (χ1v) is 14.1. The lowest BCUT2D eigenvalue weighted by Crippen LogP contribution is -2.40. The van der Waals surface area contributed by atoms with Crippen molar-refractivity contribution in [1.29, 1.82) is 0 Å². The normalized spacial score (nSPS) is 17.0. The Bertz CT molecular complexity index is 1420. The molecule has 1 aromatic carbocycles. The molecule has 0 aliphatic carbocycles. The highest BCUT2D eigenvalue weighted by Crippen LogP contribution is 2.31. The van der Waals surface area contributed by atoms with Crippen LogP contribution in [0.1, 0.15) is 52.4 Å². The topological polar surface area (TPSA) is 88.3 Å². The number of likely N-dealkylation sites (tertiary alicyclic amines) is 1. The SMILES string of the molecule is C=C/C(=C\C=C\Nc1ncc(F)c(-c2cc(F)c3nc(C)n(C(C)C)c3c2)n1)C(OC(C)O)C1CCN(CC)CC1. The van der Waals surface area contributed by atoms with Crippen LogP contribution in [0.2, 0.25) is 0 Å². The van der Waals surface area contributed by atoms with Crippen LogP contribution in [0.25, 0.3) is 22.3 Å². The van der Waals surface area contributed by atoms with Gasteiger partial charge in [0.2, 0.25) is 5.95 Å². The number of hydrogen-bond donors (Lipinski definition) is 2. The van der Waals surface area contributed by atoms with Crippen LogP contribution in [0.4, 0.5) is 14.7 Å². The number of nitrogens with zero attached hydrogens (tertiary/aromatic N) is 5. The number of benzene rings is 1. The van der Waals surface area contributed by atoms with Gasteiger partial charge in [0.25, 0.3) is 0 Å². The fourth-order valence-electron chi connectivity index (χ4n) is 5.50. The van der Waals surface area contributed by atoms with E-state index in [0.717, 1.165) is 44.2 Å². The molecule has 0 bridgehead atoms. The van der Waals surface area contributed by atoms with Gasteiger partial charge in [0, 0.05) is 17.8 Å². The minimum Gasteiger partial charge on any atom is -0.368 e. The van der Waals surface area contributed by atoms with E-state index < -0.39 is 17.9 Å². The molecule has 3 aromatic rings. The number of anilines is 1. The van der Waals surface area contributed by atoms with Crippen molar-refractivity contribution < 1.29 is 18.6 Å². The zero-order chi connectivity index (χ0) is 29.7. The van der Waals surface area contributed by atoms with Crippen molar-refractivity contribution in [2.24, 2.45) is 5.92 Å². The molecule has 0 spiro atoms. The van der Waals surface area contributed by atoms with E-state index in [9.17, 15) is 13.9 Å². The Morgan fingerprint density at radius 2 is 1.93 bits per heavy atom. The highest BCUT2D eigenvalue weighted by molar-refractivity contribution is 5.83. The van der Waals surface area contributed by atoms with Gasteiger partial charge in [-0.25, -0.2) is 23.7 Å². The molecule has 1 aliphatic heterocycles. The molecule has 0 saturated carbocycles. The summed E-state index contributed by atoms with van der Waals surface area (Å²) in [6, 6.07) is 3.00. The summed E-state index contributed by atoms with van der Waals surface area (Å²) >= 11 is 0. The summed E-state index contributed by atoms with van der Waals surface area (Å²) in [7, 11) is 0. The number of aliphatic hydroxyl groups excluding tert-OH is 1. The van der Waals surface area contributed by atoms with E-state index in [-0.39, 0.29) is 35.2 Å². The van der Waals surface area contributed by atoms with Crippen molar-refractivity contribution in [2.45, 2.75) is 65.9 Å². The highest BCUT2D eigenvalue weighted by Gasteiger charge is 2.29. The van der Waals surface area contributed by atoms with Crippen molar-refractivity contribution in [3.63, 3.8) is 0 Å². The number of rotatable bonds is 11. The molecule has 2 atom stereocenters. The van der Waals surface area contributed by atoms with Crippen molar-refractivity contribution in [3.05, 3.63) is 72.4 Å². The summed E-state index contributed by atoms with van der Waals surface area (Å²) in [5.74, 6) is -0.102. The van der Waals surface area contributed by atoms with Gasteiger partial charge in [-0.1, -0.05) is 25.7 Å². The minimum absolute atomic E-state index is 0.0167. The molecule has 2 unspecified atom stereocenters. The van der Waals surface area contributed by atoms with Gasteiger partial charge in [-0.15, -0.1) is 0 Å². The van der Waals surface area contributed by atoms with Crippen LogP contribution in [-0.4, -0.2) is 61.6 Å². The van der Waals surface area contributed by atoms with Gasteiger partial charge in [-0.2, -0.15) is 0 Å². The Morgan fingerprint density at radius 3 is 2.56 bits per heavy atom. The van der Waals surface area contributed by atoms with Crippen LogP contribution in [0.15, 0.2) is 54.9 Å². The van der Waals surface area contributed by atoms with Gasteiger partial charge in [0.15, 0.2) is 17.9 Å². The Morgan fingerprint density at radius 1 is 1.20 bits per heavy atom. The quantitative estimate of drug-likeness (QED) is 0.212. The number of halogens is 2. The van der Waals surface area contributed by atoms with Gasteiger partial charge in [0.1, 0.15) is 17.0 Å². The number of fused-ring (bicyclic) bond motifs is 1. The summed E-state index contributed by atoms with van der Waals surface area (Å²) in [4.78, 5) is 15.1. The fraction of sp³-hybridized carbons (Fsp3) is 0.452. The van der Waals surface area contributed by atoms with Crippen LogP contribution in [-0.2, 0) is 4.74 Å². The molecule has 3 heterocycles. The zero-order valence-corrected chi connectivity index (χ0v) is 24.4. The van der Waals surface area contributed by atoms with E-state index in [1.54, 1.807) is 31.3 Å². The largest absolute Gasteiger partial charge is 0.368 e. The second-order valence-electron chi connectivity index (χ2n) is 10.6. The van der Waals surface area contributed by atoms with E-state index in [0.29, 0.717) is 16.9 Å². The third kappa shape index (κ3) is 7.06. The predicted octanol–water partition coefficient (Wildman–Crippen LogP) is 6.15. The zero-order valence-electron chi connectivity index (χ0n) is 24.4. The van der Waals surface area contributed by atoms with Gasteiger partial charge < -0.3 is 24.6 Å². The molecule has 0 radical (unpaired) electrons. The molecule has 41 heavy (non-hydrogen) atoms. The van der Waals surface area contributed by atoms with E-state index in [1.165, 1.54) is 6.07 Å². The molecule has 2 aromatic heterocycles. The lowest BCUT2D eigenvalue weighted by molar-refractivity contribution is -0.131. The van der Waals surface area contributed by atoms with Gasteiger partial charge in [-0.3, -0.25) is 0 Å². The Labute approximate surface area is 240 Å². The number of aryl methyl sites for hydroxylation is 1. The van der Waals surface area contributed by atoms with Gasteiger partial charge in [0.05, 0.1) is 17.8 Å². The van der Waals surface area contributed by atoms with Crippen molar-refractivity contribution in [2.75, 3.05) is 25.0 Å². The van der Waals surface area contributed by atoms with E-state index in [2.05, 4.69) is 38.7 Å². The average molecular weight is 567 g/mol. The number of ether oxygens (including phenoxy) is 1. The summed E-state index contributed by atoms with van der Waals surface area (Å²) in [6.07, 6.45) is 8.78. The molecule has 4 rings (SSSR count). The second kappa shape index (κ2) is 13.5. The van der Waals surface area contributed by atoms with E-state index in [4.69, 9.17) is 4.74 Å². The molecule has 220 valence electrons. The van der Waals surface area contributed by atoms with Crippen molar-refractivity contribution >= 4 is 17.0 Å². The molecular weight excluding hydrogens is 526 g/mol. The first-order valence-electron chi connectivity index (χ1n) is 14.1. The fourth-order valence-corrected chi connectivity index (χ4v) is 5.50. The number of piperidine rings is 1. The summed E-state index contributed by atoms with van der Waals surface area (Å²) in [6.45, 7) is 16.5. The van der Waals surface area contributed by atoms with Crippen LogP contribution < -0.4 is 5.32 Å². The summed E-state index contributed by atoms with van der Waals surface area (Å²) in [5.41, 5.74) is 1.95. The Hall–Kier alpha value is -3.47. The maximum absolute atomic E-state index is 15.0. The number of imidazole rings is 1. The highest BCUT2D eigenvalue weighted by atomic mass is 19.1. The number of hydrogen-bond acceptors (Lipinski definition) is 7. The first kappa shape index (κ1) is 30.5. The lowest BCUT2D eigenvalue weighted by atomic mass is 9.86. The maximum Gasteiger partial charge on any atom is 0.227 e. The molecular formula is C31H40F2N6O2. The summed E-state index contributed by atoms with van der Waals surface area (Å²) < 4.78 is 37.6. The molecule has 1 aliphatic rings. The Kier molecular flexibility index (Phi) is 10.0. The van der Waals surface area contributed by atoms with Crippen molar-refractivity contribution in [3.8, 4) is 11.3 Å². The third-order valence-corrected chi connectivity index (χ3v) is 7.47. The third-order valence-electron chi connectivity index (χ3n) is 7.47. The average Bonchev–Trinajstić information content (AvgIpc) is 3.29.